The van der Waals surface area contributed by atoms with Gasteiger partial charge in [-0.15, -0.1) is 11.3 Å². The number of hydrogen-bond donors (Lipinski definition) is 2. The Morgan fingerprint density at radius 3 is 2.55 bits per heavy atom. The number of benzene rings is 2. The lowest BCUT2D eigenvalue weighted by atomic mass is 9.96. The van der Waals surface area contributed by atoms with E-state index in [1.165, 1.54) is 15.8 Å². The minimum Gasteiger partial charge on any atom is -0.493 e. The quantitative estimate of drug-likeness (QED) is 0.341. The molecule has 33 heavy (non-hydrogen) atoms. The lowest BCUT2D eigenvalue weighted by molar-refractivity contribution is -0.121. The van der Waals surface area contributed by atoms with Crippen molar-refractivity contribution in [3.05, 3.63) is 76.1 Å². The highest BCUT2D eigenvalue weighted by Crippen LogP contribution is 2.40. The number of thiophene rings is 1. The van der Waals surface area contributed by atoms with E-state index < -0.39 is 0 Å². The second-order valence-corrected chi connectivity index (χ2v) is 8.63. The largest absolute Gasteiger partial charge is 0.493 e. The Kier molecular flexibility index (Phi) is 7.19. The minimum atomic E-state index is -0.00626. The molecule has 4 rings (SSSR count). The molecule has 2 aromatic carbocycles. The minimum absolute atomic E-state index is 0.00626. The summed E-state index contributed by atoms with van der Waals surface area (Å²) in [5, 5.41) is 6.39. The van der Waals surface area contributed by atoms with Crippen LogP contribution in [0.1, 0.15) is 28.3 Å². The number of carbonyl (C=O) groups excluding carboxylic acids is 1. The molecule has 0 aliphatic rings. The molecule has 0 fully saturated rings. The van der Waals surface area contributed by atoms with Crippen LogP contribution in [-0.4, -0.2) is 38.8 Å². The topological polar surface area (TPSA) is 72.6 Å². The summed E-state index contributed by atoms with van der Waals surface area (Å²) < 4.78 is 16.3. The number of para-hydroxylation sites is 1. The van der Waals surface area contributed by atoms with E-state index in [9.17, 15) is 4.79 Å². The van der Waals surface area contributed by atoms with Gasteiger partial charge in [-0.2, -0.15) is 0 Å². The molecule has 2 heterocycles. The van der Waals surface area contributed by atoms with Crippen molar-refractivity contribution in [2.24, 2.45) is 0 Å². The van der Waals surface area contributed by atoms with Gasteiger partial charge in [0.1, 0.15) is 0 Å². The van der Waals surface area contributed by atoms with Gasteiger partial charge in [0.2, 0.25) is 11.7 Å². The van der Waals surface area contributed by atoms with Crippen LogP contribution >= 0.6 is 11.3 Å². The molecule has 2 N–H and O–H groups in total. The Balaban J connectivity index is 1.46. The van der Waals surface area contributed by atoms with Gasteiger partial charge < -0.3 is 24.5 Å². The number of ether oxygens (including phenoxy) is 3. The van der Waals surface area contributed by atoms with Crippen LogP contribution < -0.4 is 19.5 Å². The molecule has 0 saturated carbocycles. The molecule has 4 aromatic rings. The molecule has 172 valence electrons. The van der Waals surface area contributed by atoms with Crippen LogP contribution in [0.2, 0.25) is 0 Å². The van der Waals surface area contributed by atoms with Crippen LogP contribution in [0, 0.1) is 0 Å². The molecule has 1 atom stereocenters. The molecule has 6 nitrogen and oxygen atoms in total. The van der Waals surface area contributed by atoms with Gasteiger partial charge in [0.25, 0.3) is 0 Å². The fourth-order valence-corrected chi connectivity index (χ4v) is 4.99. The van der Waals surface area contributed by atoms with Crippen molar-refractivity contribution in [1.29, 1.82) is 0 Å². The zero-order chi connectivity index (χ0) is 23.2. The van der Waals surface area contributed by atoms with Gasteiger partial charge >= 0.3 is 0 Å². The number of carbonyl (C=O) groups is 1. The molecule has 7 heteroatoms. The van der Waals surface area contributed by atoms with Gasteiger partial charge in [-0.3, -0.25) is 4.79 Å². The summed E-state index contributed by atoms with van der Waals surface area (Å²) in [6, 6.07) is 16.2. The van der Waals surface area contributed by atoms with Crippen molar-refractivity contribution in [3.8, 4) is 17.2 Å². The van der Waals surface area contributed by atoms with Gasteiger partial charge in [0.05, 0.1) is 21.3 Å². The van der Waals surface area contributed by atoms with E-state index in [4.69, 9.17) is 14.2 Å². The summed E-state index contributed by atoms with van der Waals surface area (Å²) in [5.41, 5.74) is 3.19. The number of hydrogen-bond acceptors (Lipinski definition) is 5. The first kappa shape index (κ1) is 22.7. The summed E-state index contributed by atoms with van der Waals surface area (Å²) >= 11 is 1.70. The Hall–Kier alpha value is -3.45. The second-order valence-electron chi connectivity index (χ2n) is 7.66. The summed E-state index contributed by atoms with van der Waals surface area (Å²) in [4.78, 5) is 17.4. The fourth-order valence-electron chi connectivity index (χ4n) is 4.15. The molecule has 0 radical (unpaired) electrons. The predicted molar refractivity (Wildman–Crippen MR) is 132 cm³/mol. The molecular formula is C26H28N2O4S. The maximum atomic E-state index is 12.8. The first-order chi connectivity index (χ1) is 16.2. The number of amides is 1. The first-order valence-electron chi connectivity index (χ1n) is 10.8. The van der Waals surface area contributed by atoms with E-state index in [-0.39, 0.29) is 11.8 Å². The third-order valence-electron chi connectivity index (χ3n) is 5.79. The van der Waals surface area contributed by atoms with Gasteiger partial charge in [-0.05, 0) is 41.1 Å². The number of aromatic nitrogens is 1. The van der Waals surface area contributed by atoms with E-state index in [1.54, 1.807) is 32.7 Å². The van der Waals surface area contributed by atoms with E-state index in [2.05, 4.69) is 40.1 Å². The van der Waals surface area contributed by atoms with Crippen LogP contribution in [0.15, 0.2) is 60.1 Å². The Labute approximate surface area is 197 Å². The highest BCUT2D eigenvalue weighted by atomic mass is 32.1. The van der Waals surface area contributed by atoms with E-state index >= 15 is 0 Å². The summed E-state index contributed by atoms with van der Waals surface area (Å²) in [5.74, 6) is 1.81. The number of methoxy groups -OCH3 is 3. The Bertz CT molecular complexity index is 1220. The number of H-pyrrole nitrogens is 1. The highest BCUT2D eigenvalue weighted by Gasteiger charge is 2.21. The van der Waals surface area contributed by atoms with Gasteiger partial charge in [-0.25, -0.2) is 0 Å². The standard InChI is InChI=1S/C26H28N2O4S/c1-30-22-12-10-17(25(31-2)26(22)32-3)11-13-24(29)28-16-20(23-9-6-14-33-23)19-15-27-21-8-5-4-7-18(19)21/h4-10,12,14-15,20,27H,11,13,16H2,1-3H3,(H,28,29). The Morgan fingerprint density at radius 1 is 1.00 bits per heavy atom. The molecule has 0 aliphatic heterocycles. The van der Waals surface area contributed by atoms with Crippen LogP contribution in [0.5, 0.6) is 17.2 Å². The van der Waals surface area contributed by atoms with Crippen molar-refractivity contribution in [2.45, 2.75) is 18.8 Å². The third-order valence-corrected chi connectivity index (χ3v) is 6.78. The average molecular weight is 465 g/mol. The number of nitrogens with one attached hydrogen (secondary N) is 2. The van der Waals surface area contributed by atoms with Crippen molar-refractivity contribution >= 4 is 28.1 Å². The lowest BCUT2D eigenvalue weighted by Gasteiger charge is -2.17. The molecule has 0 aliphatic carbocycles. The zero-order valence-electron chi connectivity index (χ0n) is 19.0. The number of fused-ring (bicyclic) bond motifs is 1. The number of aromatic amines is 1. The van der Waals surface area contributed by atoms with Crippen LogP contribution in [0.4, 0.5) is 0 Å². The van der Waals surface area contributed by atoms with Crippen molar-refractivity contribution < 1.29 is 19.0 Å². The van der Waals surface area contributed by atoms with Crippen LogP contribution in [0.3, 0.4) is 0 Å². The number of rotatable bonds is 10. The Morgan fingerprint density at radius 2 is 1.82 bits per heavy atom. The fraction of sp³-hybridized carbons (Fsp3) is 0.269. The van der Waals surface area contributed by atoms with Gasteiger partial charge in [0, 0.05) is 40.9 Å². The lowest BCUT2D eigenvalue weighted by Crippen LogP contribution is -2.28. The predicted octanol–water partition coefficient (Wildman–Crippen LogP) is 5.14. The molecule has 2 aromatic heterocycles. The van der Waals surface area contributed by atoms with Crippen molar-refractivity contribution in [2.75, 3.05) is 27.9 Å². The average Bonchev–Trinajstić information content (AvgIpc) is 3.53. The first-order valence-corrected chi connectivity index (χ1v) is 11.7. The molecule has 0 spiro atoms. The molecular weight excluding hydrogens is 436 g/mol. The maximum absolute atomic E-state index is 12.8. The summed E-state index contributed by atoms with van der Waals surface area (Å²) in [6.45, 7) is 0.532. The molecule has 0 saturated heterocycles. The summed E-state index contributed by atoms with van der Waals surface area (Å²) in [7, 11) is 4.75. The van der Waals surface area contributed by atoms with Crippen molar-refractivity contribution in [1.82, 2.24) is 10.3 Å². The van der Waals surface area contributed by atoms with Gasteiger partial charge in [-0.1, -0.05) is 30.3 Å². The molecule has 1 unspecified atom stereocenters. The summed E-state index contributed by atoms with van der Waals surface area (Å²) in [6.07, 6.45) is 2.93. The van der Waals surface area contributed by atoms with Crippen LogP contribution in [0.25, 0.3) is 10.9 Å². The molecule has 1 amide bonds. The van der Waals surface area contributed by atoms with Gasteiger partial charge in [0.15, 0.2) is 11.5 Å². The SMILES string of the molecule is COc1ccc(CCC(=O)NCC(c2cccs2)c2c[nH]c3ccccc23)c(OC)c1OC. The highest BCUT2D eigenvalue weighted by molar-refractivity contribution is 7.10. The normalized spacial score (nSPS) is 11.8. The molecule has 0 bridgehead atoms. The zero-order valence-corrected chi connectivity index (χ0v) is 19.8. The van der Waals surface area contributed by atoms with E-state index in [0.29, 0.717) is 36.6 Å². The van der Waals surface area contributed by atoms with E-state index in [0.717, 1.165) is 11.1 Å². The van der Waals surface area contributed by atoms with E-state index in [1.807, 2.05) is 30.3 Å². The third kappa shape index (κ3) is 4.83. The smallest absolute Gasteiger partial charge is 0.220 e. The van der Waals surface area contributed by atoms with Crippen molar-refractivity contribution in [3.63, 3.8) is 0 Å². The second kappa shape index (κ2) is 10.4. The van der Waals surface area contributed by atoms with Crippen LogP contribution in [-0.2, 0) is 11.2 Å². The monoisotopic (exact) mass is 464 g/mol. The maximum Gasteiger partial charge on any atom is 0.220 e. The number of aryl methyl sites for hydroxylation is 1.